The highest BCUT2D eigenvalue weighted by Gasteiger charge is 2.47. The summed E-state index contributed by atoms with van der Waals surface area (Å²) in [5.41, 5.74) is 3.27. The normalized spacial score (nSPS) is 25.9. The average molecular weight is 471 g/mol. The molecule has 0 N–H and O–H groups in total. The second kappa shape index (κ2) is 8.36. The molecule has 0 aromatic carbocycles. The van der Waals surface area contributed by atoms with Gasteiger partial charge in [0.1, 0.15) is 10.6 Å². The highest BCUT2D eigenvalue weighted by atomic mass is 32.2. The molecule has 2 saturated heterocycles. The maximum absolute atomic E-state index is 13.1. The van der Waals surface area contributed by atoms with Crippen molar-refractivity contribution in [3.05, 3.63) is 35.2 Å². The number of hydrogen-bond donors (Lipinski definition) is 0. The Morgan fingerprint density at radius 3 is 2.85 bits per heavy atom. The van der Waals surface area contributed by atoms with E-state index in [-0.39, 0.29) is 11.8 Å². The molecular formula is C24H30N4O4S. The number of morpholine rings is 1. The molecule has 9 heteroatoms. The van der Waals surface area contributed by atoms with E-state index in [1.54, 1.807) is 6.92 Å². The van der Waals surface area contributed by atoms with Crippen molar-refractivity contribution in [3.8, 4) is 17.3 Å². The second-order valence-electron chi connectivity index (χ2n) is 9.11. The molecule has 1 aliphatic carbocycles. The van der Waals surface area contributed by atoms with Crippen LogP contribution in [0.5, 0.6) is 5.88 Å². The molecule has 0 amide bonds. The number of anilines is 1. The van der Waals surface area contributed by atoms with Crippen LogP contribution in [0.25, 0.3) is 17.5 Å². The maximum Gasteiger partial charge on any atom is 0.214 e. The van der Waals surface area contributed by atoms with Crippen LogP contribution in [-0.2, 0) is 25.7 Å². The van der Waals surface area contributed by atoms with E-state index in [1.807, 2.05) is 25.1 Å². The first-order chi connectivity index (χ1) is 15.8. The molecule has 0 bridgehead atoms. The summed E-state index contributed by atoms with van der Waals surface area (Å²) in [6.45, 7) is 8.23. The van der Waals surface area contributed by atoms with Crippen LogP contribution < -0.4 is 9.64 Å². The van der Waals surface area contributed by atoms with Crippen LogP contribution >= 0.6 is 0 Å². The number of pyridine rings is 1. The van der Waals surface area contributed by atoms with Crippen LogP contribution in [0.1, 0.15) is 50.6 Å². The third kappa shape index (κ3) is 3.81. The lowest BCUT2D eigenvalue weighted by molar-refractivity contribution is 0.0985. The Balaban J connectivity index is 1.72. The predicted molar refractivity (Wildman–Crippen MR) is 127 cm³/mol. The molecule has 4 heterocycles. The molecule has 176 valence electrons. The summed E-state index contributed by atoms with van der Waals surface area (Å²) < 4.78 is 36.5. The van der Waals surface area contributed by atoms with E-state index < -0.39 is 14.6 Å². The number of ether oxygens (including phenoxy) is 2. The van der Waals surface area contributed by atoms with Crippen LogP contribution in [0.2, 0.25) is 0 Å². The van der Waals surface area contributed by atoms with E-state index in [1.165, 1.54) is 0 Å². The van der Waals surface area contributed by atoms with Crippen molar-refractivity contribution in [3.63, 3.8) is 0 Å². The standard InChI is InChI=1S/C24H30N4O4S/c1-4-32-22-13-18(17-7-5-8-19(17)25-22)23-26-20(24(3)9-6-12-33(24,29)30)14-21(27-23)28-10-11-31-15-16(28)2/h5,7,13-14,16H,4,6,8-12,15H2,1-3H3/t16-,24?/m1/s1. The smallest absolute Gasteiger partial charge is 0.214 e. The van der Waals surface area contributed by atoms with Gasteiger partial charge in [-0.25, -0.2) is 23.4 Å². The third-order valence-electron chi connectivity index (χ3n) is 6.91. The van der Waals surface area contributed by atoms with E-state index in [9.17, 15) is 8.42 Å². The molecule has 1 unspecified atom stereocenters. The number of hydrogen-bond acceptors (Lipinski definition) is 8. The predicted octanol–water partition coefficient (Wildman–Crippen LogP) is 3.16. The van der Waals surface area contributed by atoms with Gasteiger partial charge in [-0.1, -0.05) is 12.2 Å². The minimum atomic E-state index is -3.31. The number of nitrogens with zero attached hydrogens (tertiary/aromatic N) is 4. The van der Waals surface area contributed by atoms with E-state index in [2.05, 4.69) is 22.9 Å². The van der Waals surface area contributed by atoms with Crippen molar-refractivity contribution >= 4 is 21.7 Å². The van der Waals surface area contributed by atoms with Crippen molar-refractivity contribution in [2.75, 3.05) is 37.0 Å². The van der Waals surface area contributed by atoms with Gasteiger partial charge in [-0.2, -0.15) is 0 Å². The maximum atomic E-state index is 13.1. The van der Waals surface area contributed by atoms with E-state index in [0.29, 0.717) is 56.6 Å². The van der Waals surface area contributed by atoms with Crippen LogP contribution in [-0.4, -0.2) is 61.5 Å². The van der Waals surface area contributed by atoms with Crippen LogP contribution in [0, 0.1) is 0 Å². The fourth-order valence-electron chi connectivity index (χ4n) is 4.93. The summed E-state index contributed by atoms with van der Waals surface area (Å²) in [4.78, 5) is 16.7. The number of allylic oxidation sites excluding steroid dienone is 1. The number of rotatable bonds is 5. The first kappa shape index (κ1) is 22.3. The van der Waals surface area contributed by atoms with Gasteiger partial charge in [0.2, 0.25) is 5.88 Å². The number of sulfone groups is 1. The Kier molecular flexibility index (Phi) is 5.64. The van der Waals surface area contributed by atoms with E-state index in [0.717, 1.165) is 29.1 Å². The topological polar surface area (TPSA) is 94.5 Å². The van der Waals surface area contributed by atoms with Gasteiger partial charge in [-0.15, -0.1) is 0 Å². The molecule has 2 aliphatic heterocycles. The zero-order chi connectivity index (χ0) is 23.2. The molecule has 33 heavy (non-hydrogen) atoms. The Bertz CT molecular complexity index is 1210. The lowest BCUT2D eigenvalue weighted by Crippen LogP contribution is -2.44. The van der Waals surface area contributed by atoms with Crippen LogP contribution in [0.15, 0.2) is 18.2 Å². The van der Waals surface area contributed by atoms with Gasteiger partial charge in [0.25, 0.3) is 0 Å². The molecule has 2 atom stereocenters. The minimum absolute atomic E-state index is 0.129. The van der Waals surface area contributed by atoms with Crippen molar-refractivity contribution in [1.29, 1.82) is 0 Å². The van der Waals surface area contributed by atoms with Crippen molar-refractivity contribution in [2.24, 2.45) is 0 Å². The Hall–Kier alpha value is -2.52. The largest absolute Gasteiger partial charge is 0.478 e. The van der Waals surface area contributed by atoms with Gasteiger partial charge in [0, 0.05) is 36.2 Å². The highest BCUT2D eigenvalue weighted by Crippen LogP contribution is 2.42. The molecule has 2 fully saturated rings. The first-order valence-electron chi connectivity index (χ1n) is 11.6. The average Bonchev–Trinajstić information content (AvgIpc) is 3.37. The number of fused-ring (bicyclic) bond motifs is 1. The lowest BCUT2D eigenvalue weighted by Gasteiger charge is -2.35. The highest BCUT2D eigenvalue weighted by molar-refractivity contribution is 7.92. The molecule has 5 rings (SSSR count). The third-order valence-corrected chi connectivity index (χ3v) is 9.52. The Labute approximate surface area is 195 Å². The lowest BCUT2D eigenvalue weighted by atomic mass is 10.00. The Morgan fingerprint density at radius 2 is 2.12 bits per heavy atom. The van der Waals surface area contributed by atoms with Crippen LogP contribution in [0.4, 0.5) is 5.82 Å². The van der Waals surface area contributed by atoms with Crippen molar-refractivity contribution in [2.45, 2.75) is 50.8 Å². The number of aromatic nitrogens is 3. The summed E-state index contributed by atoms with van der Waals surface area (Å²) in [6, 6.07) is 3.87. The molecule has 0 radical (unpaired) electrons. The van der Waals surface area contributed by atoms with Gasteiger partial charge in [-0.3, -0.25) is 0 Å². The zero-order valence-electron chi connectivity index (χ0n) is 19.4. The first-order valence-corrected chi connectivity index (χ1v) is 13.3. The van der Waals surface area contributed by atoms with Gasteiger partial charge in [0.05, 0.1) is 43.0 Å². The summed E-state index contributed by atoms with van der Waals surface area (Å²) in [5.74, 6) is 1.97. The molecule has 0 spiro atoms. The zero-order valence-corrected chi connectivity index (χ0v) is 20.2. The fourth-order valence-corrected chi connectivity index (χ4v) is 6.78. The van der Waals surface area contributed by atoms with Crippen molar-refractivity contribution in [1.82, 2.24) is 15.0 Å². The molecule has 2 aromatic heterocycles. The monoisotopic (exact) mass is 470 g/mol. The quantitative estimate of drug-likeness (QED) is 0.658. The molecule has 8 nitrogen and oxygen atoms in total. The summed E-state index contributed by atoms with van der Waals surface area (Å²) in [5, 5.41) is 0. The minimum Gasteiger partial charge on any atom is -0.478 e. The van der Waals surface area contributed by atoms with E-state index >= 15 is 0 Å². The summed E-state index contributed by atoms with van der Waals surface area (Å²) in [7, 11) is -3.31. The van der Waals surface area contributed by atoms with Gasteiger partial charge in [0.15, 0.2) is 15.7 Å². The molecular weight excluding hydrogens is 440 g/mol. The summed E-state index contributed by atoms with van der Waals surface area (Å²) >= 11 is 0. The van der Waals surface area contributed by atoms with E-state index in [4.69, 9.17) is 19.4 Å². The molecule has 0 saturated carbocycles. The van der Waals surface area contributed by atoms with Gasteiger partial charge >= 0.3 is 0 Å². The Morgan fingerprint density at radius 1 is 1.27 bits per heavy atom. The van der Waals surface area contributed by atoms with Crippen molar-refractivity contribution < 1.29 is 17.9 Å². The van der Waals surface area contributed by atoms with Crippen LogP contribution in [0.3, 0.4) is 0 Å². The van der Waals surface area contributed by atoms with Gasteiger partial charge < -0.3 is 14.4 Å². The second-order valence-corrected chi connectivity index (χ2v) is 11.7. The summed E-state index contributed by atoms with van der Waals surface area (Å²) in [6.07, 6.45) is 6.02. The fraction of sp³-hybridized carbons (Fsp3) is 0.542. The molecule has 2 aromatic rings. The SMILES string of the molecule is CCOc1cc(-c2nc(N3CCOC[C@H]3C)cc(C3(C)CCCS3(=O)=O)n2)c2c(n1)CC=C2. The molecule has 3 aliphatic rings. The van der Waals surface area contributed by atoms with Gasteiger partial charge in [-0.05, 0) is 33.6 Å².